The molecule has 4 aromatic rings. The van der Waals surface area contributed by atoms with Crippen LogP contribution in [-0.4, -0.2) is 28.6 Å². The standard InChI is InChI=1S/C32H37N3O2/c1-22-10-8-11-23(2)30(22)35-21-24(20-29(35)36)31-33-27-12-6-7-13-28(27)34(31)18-9-19-37-26-16-14-25(15-17-26)32(3,4)5/h6-8,10-17,24H,9,18-21H2,1-5H3. The van der Waals surface area contributed by atoms with Crippen molar-refractivity contribution in [3.63, 3.8) is 0 Å². The Morgan fingerprint density at radius 3 is 2.35 bits per heavy atom. The monoisotopic (exact) mass is 495 g/mol. The molecule has 0 radical (unpaired) electrons. The highest BCUT2D eigenvalue weighted by Gasteiger charge is 2.35. The van der Waals surface area contributed by atoms with Crippen molar-refractivity contribution < 1.29 is 9.53 Å². The van der Waals surface area contributed by atoms with Gasteiger partial charge in [0.15, 0.2) is 0 Å². The number of amides is 1. The van der Waals surface area contributed by atoms with Crippen molar-refractivity contribution in [2.75, 3.05) is 18.1 Å². The van der Waals surface area contributed by atoms with Gasteiger partial charge < -0.3 is 14.2 Å². The van der Waals surface area contributed by atoms with E-state index in [1.165, 1.54) is 5.56 Å². The fourth-order valence-corrected chi connectivity index (χ4v) is 5.43. The summed E-state index contributed by atoms with van der Waals surface area (Å²) in [5.74, 6) is 2.12. The molecule has 0 saturated carbocycles. The molecule has 5 nitrogen and oxygen atoms in total. The number of ether oxygens (including phenoxy) is 1. The number of rotatable bonds is 7. The molecular formula is C32H37N3O2. The third-order valence-corrected chi connectivity index (χ3v) is 7.40. The summed E-state index contributed by atoms with van der Waals surface area (Å²) in [5, 5.41) is 0. The van der Waals surface area contributed by atoms with E-state index < -0.39 is 0 Å². The maximum absolute atomic E-state index is 13.2. The van der Waals surface area contributed by atoms with Crippen LogP contribution in [0.1, 0.15) is 62.0 Å². The van der Waals surface area contributed by atoms with Gasteiger partial charge in [-0.25, -0.2) is 4.98 Å². The molecule has 2 heterocycles. The van der Waals surface area contributed by atoms with Gasteiger partial charge in [-0.2, -0.15) is 0 Å². The van der Waals surface area contributed by atoms with E-state index in [1.54, 1.807) is 0 Å². The van der Waals surface area contributed by atoms with Crippen LogP contribution in [0.2, 0.25) is 0 Å². The SMILES string of the molecule is Cc1cccc(C)c1N1CC(c2nc3ccccc3n2CCCOc2ccc(C(C)(C)C)cc2)CC1=O. The van der Waals surface area contributed by atoms with Gasteiger partial charge in [-0.15, -0.1) is 0 Å². The van der Waals surface area contributed by atoms with Crippen molar-refractivity contribution >= 4 is 22.6 Å². The molecule has 1 aromatic heterocycles. The number of anilines is 1. The number of aromatic nitrogens is 2. The van der Waals surface area contributed by atoms with Gasteiger partial charge >= 0.3 is 0 Å². The van der Waals surface area contributed by atoms with E-state index in [1.807, 2.05) is 17.0 Å². The number of imidazole rings is 1. The zero-order chi connectivity index (χ0) is 26.2. The van der Waals surface area contributed by atoms with Gasteiger partial charge in [0.25, 0.3) is 0 Å². The number of carbonyl (C=O) groups excluding carboxylic acids is 1. The third kappa shape index (κ3) is 5.13. The maximum Gasteiger partial charge on any atom is 0.227 e. The van der Waals surface area contributed by atoms with Crippen molar-refractivity contribution in [2.24, 2.45) is 0 Å². The lowest BCUT2D eigenvalue weighted by molar-refractivity contribution is -0.117. The second-order valence-electron chi connectivity index (χ2n) is 11.2. The molecule has 1 amide bonds. The van der Waals surface area contributed by atoms with E-state index in [-0.39, 0.29) is 17.2 Å². The molecule has 5 heteroatoms. The van der Waals surface area contributed by atoms with Gasteiger partial charge in [-0.1, -0.05) is 63.2 Å². The maximum atomic E-state index is 13.2. The molecule has 192 valence electrons. The van der Waals surface area contributed by atoms with Crippen LogP contribution in [0, 0.1) is 13.8 Å². The number of para-hydroxylation sites is 3. The van der Waals surface area contributed by atoms with E-state index in [4.69, 9.17) is 9.72 Å². The molecule has 1 fully saturated rings. The molecule has 37 heavy (non-hydrogen) atoms. The first-order valence-electron chi connectivity index (χ1n) is 13.3. The summed E-state index contributed by atoms with van der Waals surface area (Å²) in [6.07, 6.45) is 1.34. The lowest BCUT2D eigenvalue weighted by Crippen LogP contribution is -2.26. The van der Waals surface area contributed by atoms with Gasteiger partial charge in [0.05, 0.1) is 17.6 Å². The van der Waals surface area contributed by atoms with Gasteiger partial charge in [0, 0.05) is 31.1 Å². The Morgan fingerprint density at radius 2 is 1.65 bits per heavy atom. The Bertz CT molecular complexity index is 1390. The quantitative estimate of drug-likeness (QED) is 0.261. The third-order valence-electron chi connectivity index (χ3n) is 7.40. The van der Waals surface area contributed by atoms with Crippen molar-refractivity contribution in [2.45, 2.75) is 65.3 Å². The van der Waals surface area contributed by atoms with Gasteiger partial charge in [-0.3, -0.25) is 4.79 Å². The average molecular weight is 496 g/mol. The number of carbonyl (C=O) groups is 1. The first kappa shape index (κ1) is 25.1. The van der Waals surface area contributed by atoms with Crippen molar-refractivity contribution in [3.05, 3.63) is 89.2 Å². The summed E-state index contributed by atoms with van der Waals surface area (Å²) < 4.78 is 8.37. The molecule has 1 aliphatic heterocycles. The van der Waals surface area contributed by atoms with Crippen LogP contribution in [0.5, 0.6) is 5.75 Å². The van der Waals surface area contributed by atoms with Crippen molar-refractivity contribution in [3.8, 4) is 5.75 Å². The van der Waals surface area contributed by atoms with Gasteiger partial charge in [0.2, 0.25) is 5.91 Å². The molecule has 0 aliphatic carbocycles. The van der Waals surface area contributed by atoms with Crippen LogP contribution in [-0.2, 0) is 16.8 Å². The number of fused-ring (bicyclic) bond motifs is 1. The smallest absolute Gasteiger partial charge is 0.227 e. The summed E-state index contributed by atoms with van der Waals surface area (Å²) >= 11 is 0. The second kappa shape index (κ2) is 10.0. The normalized spacial score (nSPS) is 16.1. The highest BCUT2D eigenvalue weighted by molar-refractivity contribution is 5.98. The fourth-order valence-electron chi connectivity index (χ4n) is 5.43. The Hall–Kier alpha value is -3.60. The minimum atomic E-state index is 0.0600. The fraction of sp³-hybridized carbons (Fsp3) is 0.375. The first-order chi connectivity index (χ1) is 17.7. The van der Waals surface area contributed by atoms with Crippen LogP contribution < -0.4 is 9.64 Å². The highest BCUT2D eigenvalue weighted by Crippen LogP contribution is 2.36. The Labute approximate surface area is 220 Å². The second-order valence-corrected chi connectivity index (χ2v) is 11.2. The lowest BCUT2D eigenvalue weighted by atomic mass is 9.87. The van der Waals surface area contributed by atoms with Crippen molar-refractivity contribution in [1.29, 1.82) is 0 Å². The summed E-state index contributed by atoms with van der Waals surface area (Å²) in [7, 11) is 0. The van der Waals surface area contributed by atoms with Crippen molar-refractivity contribution in [1.82, 2.24) is 9.55 Å². The van der Waals surface area contributed by atoms with Gasteiger partial charge in [-0.05, 0) is 66.6 Å². The number of benzene rings is 3. The van der Waals surface area contributed by atoms with Crippen LogP contribution >= 0.6 is 0 Å². The Balaban J connectivity index is 1.32. The van der Waals surface area contributed by atoms with E-state index in [2.05, 4.69) is 93.8 Å². The largest absolute Gasteiger partial charge is 0.494 e. The van der Waals surface area contributed by atoms with E-state index in [0.29, 0.717) is 19.6 Å². The predicted octanol–water partition coefficient (Wildman–Crippen LogP) is 6.94. The minimum Gasteiger partial charge on any atom is -0.494 e. The summed E-state index contributed by atoms with van der Waals surface area (Å²) in [6, 6.07) is 22.9. The number of hydrogen-bond acceptors (Lipinski definition) is 3. The van der Waals surface area contributed by atoms with Crippen LogP contribution in [0.25, 0.3) is 11.0 Å². The summed E-state index contributed by atoms with van der Waals surface area (Å²) in [5.41, 5.74) is 6.84. The molecule has 0 bridgehead atoms. The molecular weight excluding hydrogens is 458 g/mol. The van der Waals surface area contributed by atoms with E-state index >= 15 is 0 Å². The molecule has 1 atom stereocenters. The summed E-state index contributed by atoms with van der Waals surface area (Å²) in [4.78, 5) is 20.1. The Morgan fingerprint density at radius 1 is 0.946 bits per heavy atom. The molecule has 3 aromatic carbocycles. The van der Waals surface area contributed by atoms with E-state index in [0.717, 1.165) is 52.4 Å². The topological polar surface area (TPSA) is 47.4 Å². The van der Waals surface area contributed by atoms with Crippen LogP contribution in [0.3, 0.4) is 0 Å². The van der Waals surface area contributed by atoms with Crippen LogP contribution in [0.15, 0.2) is 66.7 Å². The predicted molar refractivity (Wildman–Crippen MR) is 151 cm³/mol. The lowest BCUT2D eigenvalue weighted by Gasteiger charge is -2.21. The molecule has 1 aliphatic rings. The number of hydrogen-bond donors (Lipinski definition) is 0. The number of aryl methyl sites for hydroxylation is 3. The Kier molecular flexibility index (Phi) is 6.80. The van der Waals surface area contributed by atoms with Gasteiger partial charge in [0.1, 0.15) is 11.6 Å². The average Bonchev–Trinajstić information content (AvgIpc) is 3.42. The first-order valence-corrected chi connectivity index (χ1v) is 13.3. The summed E-state index contributed by atoms with van der Waals surface area (Å²) in [6.45, 7) is 12.9. The molecule has 5 rings (SSSR count). The van der Waals surface area contributed by atoms with Crippen LogP contribution in [0.4, 0.5) is 5.69 Å². The zero-order valence-corrected chi connectivity index (χ0v) is 22.6. The molecule has 1 saturated heterocycles. The minimum absolute atomic E-state index is 0.0600. The molecule has 0 spiro atoms. The highest BCUT2D eigenvalue weighted by atomic mass is 16.5. The number of nitrogens with zero attached hydrogens (tertiary/aromatic N) is 3. The zero-order valence-electron chi connectivity index (χ0n) is 22.6. The van der Waals surface area contributed by atoms with E-state index in [9.17, 15) is 4.79 Å². The molecule has 0 N–H and O–H groups in total. The molecule has 1 unspecified atom stereocenters.